The van der Waals surface area contributed by atoms with Crippen LogP contribution in [0.1, 0.15) is 41.7 Å². The van der Waals surface area contributed by atoms with Gasteiger partial charge in [-0.1, -0.05) is 18.2 Å². The average molecular weight is 357 g/mol. The van der Waals surface area contributed by atoms with Gasteiger partial charge in [-0.3, -0.25) is 4.79 Å². The van der Waals surface area contributed by atoms with Crippen LogP contribution >= 0.6 is 11.3 Å². The molecule has 2 aliphatic carbocycles. The number of nitrogens with one attached hydrogen (secondary N) is 1. The van der Waals surface area contributed by atoms with Crippen LogP contribution in [0.4, 0.5) is 0 Å². The number of hydrogen-bond acceptors (Lipinski definition) is 4. The lowest BCUT2D eigenvalue weighted by Crippen LogP contribution is -2.45. The van der Waals surface area contributed by atoms with E-state index < -0.39 is 11.0 Å². The van der Waals surface area contributed by atoms with Crippen molar-refractivity contribution in [2.45, 2.75) is 43.1 Å². The maximum Gasteiger partial charge on any atom is 0.230 e. The van der Waals surface area contributed by atoms with Gasteiger partial charge in [-0.2, -0.15) is 0 Å². The number of aryl methyl sites for hydroxylation is 1. The van der Waals surface area contributed by atoms with E-state index in [1.54, 1.807) is 18.4 Å². The largest absolute Gasteiger partial charge is 0.496 e. The zero-order chi connectivity index (χ0) is 17.5. The third-order valence-electron chi connectivity index (χ3n) is 5.59. The van der Waals surface area contributed by atoms with Crippen molar-refractivity contribution in [1.82, 2.24) is 5.32 Å². The molecule has 2 N–H and O–H groups in total. The summed E-state index contributed by atoms with van der Waals surface area (Å²) >= 11 is 1.69. The Bertz CT molecular complexity index is 796. The third-order valence-corrected chi connectivity index (χ3v) is 6.57. The average Bonchev–Trinajstić information content (AvgIpc) is 3.30. The summed E-state index contributed by atoms with van der Waals surface area (Å²) in [5, 5.41) is 16.1. The van der Waals surface area contributed by atoms with Gasteiger partial charge in [-0.25, -0.2) is 0 Å². The van der Waals surface area contributed by atoms with E-state index in [4.69, 9.17) is 4.74 Å². The molecule has 25 heavy (non-hydrogen) atoms. The van der Waals surface area contributed by atoms with E-state index in [0.29, 0.717) is 6.42 Å². The van der Waals surface area contributed by atoms with Gasteiger partial charge in [0.1, 0.15) is 11.4 Å². The molecule has 0 aliphatic heterocycles. The number of ether oxygens (including phenoxy) is 1. The number of rotatable bonds is 5. The Morgan fingerprint density at radius 3 is 2.80 bits per heavy atom. The second-order valence-electron chi connectivity index (χ2n) is 7.11. The molecular formula is C20H23NO3S. The molecule has 1 heterocycles. The summed E-state index contributed by atoms with van der Waals surface area (Å²) in [5.41, 5.74) is 0.489. The first kappa shape index (κ1) is 16.6. The minimum atomic E-state index is -0.944. The summed E-state index contributed by atoms with van der Waals surface area (Å²) in [6.45, 7) is 0.270. The Labute approximate surface area is 151 Å². The number of fused-ring (bicyclic) bond motifs is 1. The summed E-state index contributed by atoms with van der Waals surface area (Å²) in [6, 6.07) is 9.72. The Balaban J connectivity index is 1.52. The maximum atomic E-state index is 13.0. The Morgan fingerprint density at radius 1 is 1.24 bits per heavy atom. The van der Waals surface area contributed by atoms with Crippen molar-refractivity contribution in [3.63, 3.8) is 0 Å². The molecule has 132 valence electrons. The molecule has 0 radical (unpaired) electrons. The number of aliphatic hydroxyl groups is 1. The van der Waals surface area contributed by atoms with Gasteiger partial charge >= 0.3 is 0 Å². The lowest BCUT2D eigenvalue weighted by atomic mass is 9.83. The molecule has 1 aromatic heterocycles. The van der Waals surface area contributed by atoms with Crippen LogP contribution in [-0.4, -0.2) is 24.7 Å². The maximum absolute atomic E-state index is 13.0. The lowest BCUT2D eigenvalue weighted by molar-refractivity contribution is -0.125. The van der Waals surface area contributed by atoms with E-state index in [2.05, 4.69) is 5.32 Å². The standard InChI is InChI=1S/C20H23NO3S/c1-24-16-6-3-2-5-14(16)19(10-11-19)18(22)21-13-20(23)9-4-7-17-15(20)8-12-25-17/h2-3,5-6,8,12,23H,4,7,9-11,13H2,1H3,(H,21,22). The number of carbonyl (C=O) groups excluding carboxylic acids is 1. The van der Waals surface area contributed by atoms with Gasteiger partial charge in [0.2, 0.25) is 5.91 Å². The molecule has 1 amide bonds. The van der Waals surface area contributed by atoms with E-state index in [1.165, 1.54) is 4.88 Å². The first-order valence-electron chi connectivity index (χ1n) is 8.80. The van der Waals surface area contributed by atoms with Gasteiger partial charge in [-0.15, -0.1) is 11.3 Å². The molecule has 0 saturated heterocycles. The minimum Gasteiger partial charge on any atom is -0.496 e. The molecule has 2 aromatic rings. The highest BCUT2D eigenvalue weighted by Gasteiger charge is 2.53. The Kier molecular flexibility index (Phi) is 4.08. The van der Waals surface area contributed by atoms with Crippen molar-refractivity contribution in [1.29, 1.82) is 0 Å². The summed E-state index contributed by atoms with van der Waals surface area (Å²) in [5.74, 6) is 0.749. The topological polar surface area (TPSA) is 58.6 Å². The lowest BCUT2D eigenvalue weighted by Gasteiger charge is -2.33. The van der Waals surface area contributed by atoms with Gasteiger partial charge in [0.05, 0.1) is 19.1 Å². The van der Waals surface area contributed by atoms with E-state index in [-0.39, 0.29) is 12.5 Å². The predicted molar refractivity (Wildman–Crippen MR) is 98.1 cm³/mol. The van der Waals surface area contributed by atoms with E-state index in [1.807, 2.05) is 35.7 Å². The van der Waals surface area contributed by atoms with Crippen LogP contribution in [0.15, 0.2) is 35.7 Å². The number of hydrogen-bond donors (Lipinski definition) is 2. The fraction of sp³-hybridized carbons (Fsp3) is 0.450. The SMILES string of the molecule is COc1ccccc1C1(C(=O)NCC2(O)CCCc3sccc32)CC1. The number of benzene rings is 1. The smallest absolute Gasteiger partial charge is 0.230 e. The predicted octanol–water partition coefficient (Wildman–Crippen LogP) is 3.13. The van der Waals surface area contributed by atoms with Crippen molar-refractivity contribution in [3.05, 3.63) is 51.7 Å². The van der Waals surface area contributed by atoms with Crippen molar-refractivity contribution < 1.29 is 14.6 Å². The van der Waals surface area contributed by atoms with Crippen molar-refractivity contribution >= 4 is 17.2 Å². The van der Waals surface area contributed by atoms with Crippen molar-refractivity contribution in [2.75, 3.05) is 13.7 Å². The minimum absolute atomic E-state index is 0.00669. The molecule has 1 fully saturated rings. The quantitative estimate of drug-likeness (QED) is 0.864. The first-order chi connectivity index (χ1) is 12.1. The fourth-order valence-electron chi connectivity index (χ4n) is 3.99. The van der Waals surface area contributed by atoms with Crippen LogP contribution in [0.25, 0.3) is 0 Å². The molecule has 4 nitrogen and oxygen atoms in total. The molecule has 1 atom stereocenters. The number of amides is 1. The van der Waals surface area contributed by atoms with Crippen molar-refractivity contribution in [2.24, 2.45) is 0 Å². The van der Waals surface area contributed by atoms with Gasteiger partial charge < -0.3 is 15.2 Å². The summed E-state index contributed by atoms with van der Waals surface area (Å²) in [6.07, 6.45) is 4.31. The second kappa shape index (κ2) is 6.15. The summed E-state index contributed by atoms with van der Waals surface area (Å²) < 4.78 is 5.44. The van der Waals surface area contributed by atoms with Gasteiger partial charge in [0.25, 0.3) is 0 Å². The normalized spacial score (nSPS) is 23.6. The molecule has 0 spiro atoms. The summed E-state index contributed by atoms with van der Waals surface area (Å²) in [7, 11) is 1.63. The van der Waals surface area contributed by atoms with E-state index >= 15 is 0 Å². The molecule has 1 saturated carbocycles. The summed E-state index contributed by atoms with van der Waals surface area (Å²) in [4.78, 5) is 14.2. The van der Waals surface area contributed by atoms with Crippen LogP contribution in [0.3, 0.4) is 0 Å². The molecule has 1 unspecified atom stereocenters. The number of carbonyl (C=O) groups is 1. The zero-order valence-electron chi connectivity index (χ0n) is 14.4. The second-order valence-corrected chi connectivity index (χ2v) is 8.11. The zero-order valence-corrected chi connectivity index (χ0v) is 15.2. The molecule has 2 aliphatic rings. The number of para-hydroxylation sites is 1. The van der Waals surface area contributed by atoms with Crippen LogP contribution in [0.5, 0.6) is 5.75 Å². The van der Waals surface area contributed by atoms with Gasteiger partial charge in [-0.05, 0) is 55.2 Å². The molecule has 5 heteroatoms. The highest BCUT2D eigenvalue weighted by Crippen LogP contribution is 2.51. The van der Waals surface area contributed by atoms with Crippen molar-refractivity contribution in [3.8, 4) is 5.75 Å². The Morgan fingerprint density at radius 2 is 2.04 bits per heavy atom. The van der Waals surface area contributed by atoms with Gasteiger partial charge in [0, 0.05) is 10.4 Å². The van der Waals surface area contributed by atoms with Crippen LogP contribution in [-0.2, 0) is 22.2 Å². The van der Waals surface area contributed by atoms with E-state index in [9.17, 15) is 9.90 Å². The molecular weight excluding hydrogens is 334 g/mol. The Hall–Kier alpha value is -1.85. The third kappa shape index (κ3) is 2.75. The monoisotopic (exact) mass is 357 g/mol. The molecule has 1 aromatic carbocycles. The highest BCUT2D eigenvalue weighted by atomic mass is 32.1. The fourth-order valence-corrected chi connectivity index (χ4v) is 5.00. The van der Waals surface area contributed by atoms with E-state index in [0.717, 1.165) is 42.6 Å². The van der Waals surface area contributed by atoms with Crippen LogP contribution < -0.4 is 10.1 Å². The molecule has 0 bridgehead atoms. The first-order valence-corrected chi connectivity index (χ1v) is 9.68. The molecule has 4 rings (SSSR count). The highest BCUT2D eigenvalue weighted by molar-refractivity contribution is 7.10. The number of methoxy groups -OCH3 is 1. The van der Waals surface area contributed by atoms with Crippen LogP contribution in [0.2, 0.25) is 0 Å². The van der Waals surface area contributed by atoms with Crippen LogP contribution in [0, 0.1) is 0 Å². The van der Waals surface area contributed by atoms with Gasteiger partial charge in [0.15, 0.2) is 0 Å². The number of thiophene rings is 1.